The molecule has 0 radical (unpaired) electrons. The van der Waals surface area contributed by atoms with Crippen LogP contribution in [-0.4, -0.2) is 84.5 Å². The third-order valence-corrected chi connectivity index (χ3v) is 12.3. The molecule has 62 heavy (non-hydrogen) atoms. The molecule has 0 saturated carbocycles. The number of carbonyl (C=O) groups excluding carboxylic acids is 4. The Balaban J connectivity index is 0.813. The average Bonchev–Trinajstić information content (AvgIpc) is 4.06. The standard InChI is InChI=1S/C46H48N2O12S2/c1-29-33(15-19-53-41(49)11-7-13-43(51)57-23-31-21-55-37-25-61-27-39(37)59-31)35-9-3-5-17-47(35)45(29)46-30(2)34(36-10-4-6-18-48(36)46)16-20-54-42(50)12-8-14-44(52)58-24-32-22-56-38-26-62-28-40(38)60-32/h3-6,9-10,17-18,25-28,31-32H,7-8,11-16,19-24H2,1-2H3. The van der Waals surface area contributed by atoms with Crippen molar-refractivity contribution in [3.8, 4) is 34.4 Å². The highest BCUT2D eigenvalue weighted by atomic mass is 32.1. The zero-order chi connectivity index (χ0) is 43.0. The fourth-order valence-corrected chi connectivity index (χ4v) is 9.19. The lowest BCUT2D eigenvalue weighted by Crippen LogP contribution is -2.33. The van der Waals surface area contributed by atoms with E-state index in [1.54, 1.807) is 0 Å². The third-order valence-electron chi connectivity index (χ3n) is 10.9. The molecule has 0 aliphatic carbocycles. The van der Waals surface area contributed by atoms with Crippen molar-refractivity contribution in [2.24, 2.45) is 0 Å². The van der Waals surface area contributed by atoms with Crippen LogP contribution in [0.2, 0.25) is 0 Å². The van der Waals surface area contributed by atoms with Crippen molar-refractivity contribution < 1.29 is 57.1 Å². The first-order valence-electron chi connectivity index (χ1n) is 20.7. The Morgan fingerprint density at radius 3 is 1.42 bits per heavy atom. The highest BCUT2D eigenvalue weighted by molar-refractivity contribution is 7.08. The molecular weight excluding hydrogens is 837 g/mol. The van der Waals surface area contributed by atoms with Gasteiger partial charge in [0.1, 0.15) is 26.4 Å². The molecule has 16 heteroatoms. The van der Waals surface area contributed by atoms with E-state index in [4.69, 9.17) is 37.9 Å². The Labute approximate surface area is 366 Å². The minimum absolute atomic E-state index is 0.0792. The van der Waals surface area contributed by atoms with E-state index in [0.717, 1.165) is 44.7 Å². The SMILES string of the molecule is Cc1c(CCOC(=O)CCCC(=O)OCC2COc3cscc3O2)c2ccccn2c1-c1c(C)c(CCOC(=O)CCCC(=O)OCC2COc3cscc3O2)c2ccccn12. The van der Waals surface area contributed by atoms with Crippen molar-refractivity contribution in [2.45, 2.75) is 77.4 Å². The number of fused-ring (bicyclic) bond motifs is 4. The van der Waals surface area contributed by atoms with E-state index in [-0.39, 0.29) is 76.3 Å². The summed E-state index contributed by atoms with van der Waals surface area (Å²) in [5.41, 5.74) is 8.34. The minimum atomic E-state index is -0.402. The van der Waals surface area contributed by atoms with Crippen molar-refractivity contribution in [3.63, 3.8) is 0 Å². The quantitative estimate of drug-likeness (QED) is 0.0575. The molecule has 8 heterocycles. The number of rotatable bonds is 19. The summed E-state index contributed by atoms with van der Waals surface area (Å²) in [4.78, 5) is 50.1. The number of thiophene rings is 2. The van der Waals surface area contributed by atoms with Crippen LogP contribution < -0.4 is 18.9 Å². The molecule has 326 valence electrons. The Kier molecular flexibility index (Phi) is 13.6. The highest BCUT2D eigenvalue weighted by Gasteiger charge is 2.26. The third kappa shape index (κ3) is 9.87. The van der Waals surface area contributed by atoms with E-state index < -0.39 is 11.9 Å². The number of nitrogens with zero attached hydrogens (tertiary/aromatic N) is 2. The number of ether oxygens (including phenoxy) is 8. The van der Waals surface area contributed by atoms with Gasteiger partial charge in [-0.25, -0.2) is 0 Å². The second-order valence-electron chi connectivity index (χ2n) is 15.1. The van der Waals surface area contributed by atoms with E-state index in [9.17, 15) is 19.2 Å². The average molecular weight is 885 g/mol. The van der Waals surface area contributed by atoms with Gasteiger partial charge in [-0.1, -0.05) is 12.1 Å². The Morgan fingerprint density at radius 1 is 0.581 bits per heavy atom. The van der Waals surface area contributed by atoms with Crippen molar-refractivity contribution >= 4 is 57.6 Å². The van der Waals surface area contributed by atoms with Crippen LogP contribution in [0.15, 0.2) is 70.3 Å². The molecule has 6 aromatic heterocycles. The summed E-state index contributed by atoms with van der Waals surface area (Å²) < 4.78 is 49.2. The fourth-order valence-electron chi connectivity index (χ4n) is 7.85. The largest absolute Gasteiger partial charge is 0.485 e. The smallest absolute Gasteiger partial charge is 0.305 e. The summed E-state index contributed by atoms with van der Waals surface area (Å²) in [5, 5.41) is 7.43. The molecule has 0 spiro atoms. The van der Waals surface area contributed by atoms with E-state index in [2.05, 4.69) is 34.8 Å². The molecule has 2 unspecified atom stereocenters. The number of hydrogen-bond donors (Lipinski definition) is 0. The predicted octanol–water partition coefficient (Wildman–Crippen LogP) is 7.88. The van der Waals surface area contributed by atoms with E-state index in [1.165, 1.54) is 22.7 Å². The second kappa shape index (κ2) is 19.8. The summed E-state index contributed by atoms with van der Waals surface area (Å²) in [6, 6.07) is 12.1. The van der Waals surface area contributed by atoms with Crippen LogP contribution in [0, 0.1) is 13.8 Å². The molecule has 0 amide bonds. The van der Waals surface area contributed by atoms with Gasteiger partial charge in [0.25, 0.3) is 0 Å². The van der Waals surface area contributed by atoms with Crippen LogP contribution in [0.3, 0.4) is 0 Å². The molecule has 0 saturated heterocycles. The van der Waals surface area contributed by atoms with E-state index >= 15 is 0 Å². The summed E-state index contributed by atoms with van der Waals surface area (Å²) in [6.07, 6.45) is 5.37. The van der Waals surface area contributed by atoms with E-state index in [1.807, 2.05) is 58.2 Å². The lowest BCUT2D eigenvalue weighted by molar-refractivity contribution is -0.149. The van der Waals surface area contributed by atoms with Crippen LogP contribution in [0.4, 0.5) is 0 Å². The number of pyridine rings is 2. The minimum Gasteiger partial charge on any atom is -0.485 e. The van der Waals surface area contributed by atoms with Crippen molar-refractivity contribution in [1.82, 2.24) is 8.80 Å². The van der Waals surface area contributed by atoms with Crippen LogP contribution >= 0.6 is 22.7 Å². The Morgan fingerprint density at radius 2 is 0.984 bits per heavy atom. The first-order valence-corrected chi connectivity index (χ1v) is 22.6. The predicted molar refractivity (Wildman–Crippen MR) is 231 cm³/mol. The molecule has 6 aromatic rings. The van der Waals surface area contributed by atoms with Crippen molar-refractivity contribution in [3.05, 3.63) is 92.6 Å². The number of aromatic nitrogens is 2. The lowest BCUT2D eigenvalue weighted by atomic mass is 10.0. The lowest BCUT2D eigenvalue weighted by Gasteiger charge is -2.24. The van der Waals surface area contributed by atoms with Crippen molar-refractivity contribution in [2.75, 3.05) is 39.6 Å². The highest BCUT2D eigenvalue weighted by Crippen LogP contribution is 2.39. The molecule has 2 aliphatic heterocycles. The Bertz CT molecular complexity index is 2380. The fraction of sp³-hybridized carbons (Fsp3) is 0.391. The molecule has 0 fully saturated rings. The molecule has 0 bridgehead atoms. The maximum absolute atomic E-state index is 12.7. The number of carbonyl (C=O) groups is 4. The zero-order valence-electron chi connectivity index (χ0n) is 34.6. The monoisotopic (exact) mass is 884 g/mol. The molecule has 0 N–H and O–H groups in total. The Hall–Kier alpha value is -6.00. The van der Waals surface area contributed by atoms with Gasteiger partial charge in [-0.15, -0.1) is 22.7 Å². The normalized spacial score (nSPS) is 15.4. The van der Waals surface area contributed by atoms with Crippen LogP contribution in [0.1, 0.15) is 60.8 Å². The zero-order valence-corrected chi connectivity index (χ0v) is 36.2. The van der Waals surface area contributed by atoms with Gasteiger partial charge in [0, 0.05) is 83.5 Å². The van der Waals surface area contributed by atoms with Gasteiger partial charge >= 0.3 is 23.9 Å². The molecule has 14 nitrogen and oxygen atoms in total. The van der Waals surface area contributed by atoms with Gasteiger partial charge in [-0.05, 0) is 73.2 Å². The summed E-state index contributed by atoms with van der Waals surface area (Å²) in [6.45, 7) is 5.33. The van der Waals surface area contributed by atoms with Crippen LogP contribution in [0.5, 0.6) is 23.0 Å². The van der Waals surface area contributed by atoms with Crippen LogP contribution in [0.25, 0.3) is 22.4 Å². The van der Waals surface area contributed by atoms with Gasteiger partial charge in [-0.3, -0.25) is 19.2 Å². The summed E-state index contributed by atoms with van der Waals surface area (Å²) in [5.74, 6) is 1.17. The summed E-state index contributed by atoms with van der Waals surface area (Å²) in [7, 11) is 0. The molecule has 2 atom stereocenters. The van der Waals surface area contributed by atoms with Gasteiger partial charge in [0.15, 0.2) is 35.2 Å². The van der Waals surface area contributed by atoms with Gasteiger partial charge in [-0.2, -0.15) is 0 Å². The molecular formula is C46H48N2O12S2. The maximum atomic E-state index is 12.7. The first-order chi connectivity index (χ1) is 30.2. The van der Waals surface area contributed by atoms with Crippen LogP contribution in [-0.2, 0) is 51.0 Å². The van der Waals surface area contributed by atoms with E-state index in [0.29, 0.717) is 61.9 Å². The maximum Gasteiger partial charge on any atom is 0.305 e. The van der Waals surface area contributed by atoms with Gasteiger partial charge in [0.05, 0.1) is 24.6 Å². The first kappa shape index (κ1) is 42.7. The molecule has 0 aromatic carbocycles. The second-order valence-corrected chi connectivity index (χ2v) is 16.6. The molecule has 2 aliphatic rings. The topological polar surface area (TPSA) is 151 Å². The van der Waals surface area contributed by atoms with Gasteiger partial charge in [0.2, 0.25) is 0 Å². The number of esters is 4. The molecule has 8 rings (SSSR count). The van der Waals surface area contributed by atoms with Gasteiger partial charge < -0.3 is 46.7 Å². The summed E-state index contributed by atoms with van der Waals surface area (Å²) >= 11 is 2.96. The number of hydrogen-bond acceptors (Lipinski definition) is 14. The van der Waals surface area contributed by atoms with Crippen molar-refractivity contribution in [1.29, 1.82) is 0 Å².